The predicted molar refractivity (Wildman–Crippen MR) is 48.7 cm³/mol. The maximum atomic E-state index is 11.6. The van der Waals surface area contributed by atoms with Crippen LogP contribution >= 0.6 is 0 Å². The Morgan fingerprint density at radius 3 is 2.50 bits per heavy atom. The molecular weight excluding hydrogens is 152 g/mol. The molecule has 1 saturated carbocycles. The standard InChI is InChI=1S/C9H18N2O/c1-3-8(10)9(12)11(4-2)7-5-6-7/h7-8H,3-6,10H2,1-2H3/t8-/m1/s1. The van der Waals surface area contributed by atoms with Crippen molar-refractivity contribution in [3.05, 3.63) is 0 Å². The molecule has 0 aliphatic heterocycles. The molecule has 0 saturated heterocycles. The van der Waals surface area contributed by atoms with Crippen molar-refractivity contribution < 1.29 is 4.79 Å². The summed E-state index contributed by atoms with van der Waals surface area (Å²) in [5.41, 5.74) is 5.67. The molecule has 0 aromatic rings. The molecule has 1 rings (SSSR count). The minimum absolute atomic E-state index is 0.127. The zero-order valence-electron chi connectivity index (χ0n) is 7.92. The first-order chi connectivity index (χ1) is 5.70. The smallest absolute Gasteiger partial charge is 0.239 e. The van der Waals surface area contributed by atoms with Gasteiger partial charge in [-0.05, 0) is 26.2 Å². The highest BCUT2D eigenvalue weighted by Crippen LogP contribution is 2.26. The zero-order valence-corrected chi connectivity index (χ0v) is 7.92. The molecule has 0 aromatic carbocycles. The van der Waals surface area contributed by atoms with Gasteiger partial charge >= 0.3 is 0 Å². The SMILES string of the molecule is CC[C@@H](N)C(=O)N(CC)C1CC1. The third-order valence-corrected chi connectivity index (χ3v) is 2.37. The molecule has 3 heteroatoms. The van der Waals surface area contributed by atoms with Crippen LogP contribution in [0.3, 0.4) is 0 Å². The van der Waals surface area contributed by atoms with E-state index in [0.29, 0.717) is 6.04 Å². The quantitative estimate of drug-likeness (QED) is 0.676. The lowest BCUT2D eigenvalue weighted by atomic mass is 10.2. The predicted octanol–water partition coefficient (Wildman–Crippen LogP) is 0.735. The molecule has 1 aliphatic rings. The molecule has 0 radical (unpaired) electrons. The summed E-state index contributed by atoms with van der Waals surface area (Å²) in [6.07, 6.45) is 3.06. The lowest BCUT2D eigenvalue weighted by Crippen LogP contribution is -2.44. The second-order valence-electron chi connectivity index (χ2n) is 3.37. The van der Waals surface area contributed by atoms with Gasteiger partial charge in [0.25, 0.3) is 0 Å². The molecule has 70 valence electrons. The number of carbonyl (C=O) groups is 1. The van der Waals surface area contributed by atoms with Crippen LogP contribution in [0.1, 0.15) is 33.1 Å². The molecule has 1 atom stereocenters. The van der Waals surface area contributed by atoms with Crippen LogP contribution < -0.4 is 5.73 Å². The first kappa shape index (κ1) is 9.52. The Hall–Kier alpha value is -0.570. The number of carbonyl (C=O) groups excluding carboxylic acids is 1. The van der Waals surface area contributed by atoms with E-state index < -0.39 is 0 Å². The molecular formula is C9H18N2O. The van der Waals surface area contributed by atoms with E-state index in [1.165, 1.54) is 0 Å². The lowest BCUT2D eigenvalue weighted by Gasteiger charge is -2.23. The summed E-state index contributed by atoms with van der Waals surface area (Å²) >= 11 is 0. The fourth-order valence-corrected chi connectivity index (χ4v) is 1.37. The first-order valence-electron chi connectivity index (χ1n) is 4.76. The summed E-state index contributed by atoms with van der Waals surface area (Å²) in [5.74, 6) is 0.127. The average Bonchev–Trinajstić information content (AvgIpc) is 2.88. The van der Waals surface area contributed by atoms with Crippen LogP contribution in [-0.2, 0) is 4.79 Å². The van der Waals surface area contributed by atoms with Crippen LogP contribution in [0, 0.1) is 0 Å². The first-order valence-corrected chi connectivity index (χ1v) is 4.76. The van der Waals surface area contributed by atoms with Crippen LogP contribution in [0.4, 0.5) is 0 Å². The summed E-state index contributed by atoms with van der Waals surface area (Å²) in [6.45, 7) is 4.76. The third kappa shape index (κ3) is 1.97. The van der Waals surface area contributed by atoms with Crippen molar-refractivity contribution in [3.63, 3.8) is 0 Å². The van der Waals surface area contributed by atoms with Crippen molar-refractivity contribution in [2.45, 2.75) is 45.2 Å². The van der Waals surface area contributed by atoms with E-state index in [-0.39, 0.29) is 11.9 Å². The highest BCUT2D eigenvalue weighted by atomic mass is 16.2. The maximum absolute atomic E-state index is 11.6. The van der Waals surface area contributed by atoms with Crippen LogP contribution in [0.25, 0.3) is 0 Å². The van der Waals surface area contributed by atoms with E-state index >= 15 is 0 Å². The third-order valence-electron chi connectivity index (χ3n) is 2.37. The van der Waals surface area contributed by atoms with E-state index in [4.69, 9.17) is 5.73 Å². The van der Waals surface area contributed by atoms with Crippen molar-refractivity contribution in [2.24, 2.45) is 5.73 Å². The van der Waals surface area contributed by atoms with Crippen molar-refractivity contribution in [2.75, 3.05) is 6.54 Å². The van der Waals surface area contributed by atoms with E-state index in [1.807, 2.05) is 18.7 Å². The van der Waals surface area contributed by atoms with E-state index in [9.17, 15) is 4.79 Å². The van der Waals surface area contributed by atoms with Crippen molar-refractivity contribution >= 4 is 5.91 Å². The Bertz CT molecular complexity index is 166. The highest BCUT2D eigenvalue weighted by molar-refractivity contribution is 5.82. The monoisotopic (exact) mass is 170 g/mol. The molecule has 0 spiro atoms. The van der Waals surface area contributed by atoms with Crippen LogP contribution in [0.5, 0.6) is 0 Å². The largest absolute Gasteiger partial charge is 0.339 e. The Morgan fingerprint density at radius 1 is 1.58 bits per heavy atom. The second-order valence-corrected chi connectivity index (χ2v) is 3.37. The van der Waals surface area contributed by atoms with Gasteiger partial charge in [0.05, 0.1) is 6.04 Å². The number of likely N-dealkylation sites (N-methyl/N-ethyl adjacent to an activating group) is 1. The van der Waals surface area contributed by atoms with Gasteiger partial charge < -0.3 is 10.6 Å². The number of rotatable bonds is 4. The lowest BCUT2D eigenvalue weighted by molar-refractivity contribution is -0.133. The Morgan fingerprint density at radius 2 is 2.17 bits per heavy atom. The van der Waals surface area contributed by atoms with Gasteiger partial charge in [-0.2, -0.15) is 0 Å². The van der Waals surface area contributed by atoms with Crippen molar-refractivity contribution in [1.82, 2.24) is 4.90 Å². The van der Waals surface area contributed by atoms with Gasteiger partial charge in [-0.25, -0.2) is 0 Å². The highest BCUT2D eigenvalue weighted by Gasteiger charge is 2.32. The molecule has 0 heterocycles. The summed E-state index contributed by atoms with van der Waals surface area (Å²) < 4.78 is 0. The molecule has 1 aliphatic carbocycles. The molecule has 1 fully saturated rings. The molecule has 0 aromatic heterocycles. The molecule has 0 bridgehead atoms. The van der Waals surface area contributed by atoms with Crippen molar-refractivity contribution in [1.29, 1.82) is 0 Å². The second kappa shape index (κ2) is 3.90. The van der Waals surface area contributed by atoms with Crippen molar-refractivity contribution in [3.8, 4) is 0 Å². The number of nitrogens with zero attached hydrogens (tertiary/aromatic N) is 1. The topological polar surface area (TPSA) is 46.3 Å². The van der Waals surface area contributed by atoms with Gasteiger partial charge in [0.2, 0.25) is 5.91 Å². The number of hydrogen-bond acceptors (Lipinski definition) is 2. The van der Waals surface area contributed by atoms with Gasteiger partial charge in [-0.1, -0.05) is 6.92 Å². The zero-order chi connectivity index (χ0) is 9.14. The normalized spacial score (nSPS) is 18.9. The minimum atomic E-state index is -0.287. The van der Waals surface area contributed by atoms with E-state index in [0.717, 1.165) is 25.8 Å². The van der Waals surface area contributed by atoms with E-state index in [2.05, 4.69) is 0 Å². The maximum Gasteiger partial charge on any atom is 0.239 e. The Kier molecular flexibility index (Phi) is 3.09. The van der Waals surface area contributed by atoms with Crippen LogP contribution in [0.2, 0.25) is 0 Å². The van der Waals surface area contributed by atoms with Crippen LogP contribution in [-0.4, -0.2) is 29.4 Å². The Balaban J connectivity index is 2.46. The fraction of sp³-hybridized carbons (Fsp3) is 0.889. The van der Waals surface area contributed by atoms with Gasteiger partial charge in [0, 0.05) is 12.6 Å². The molecule has 2 N–H and O–H groups in total. The minimum Gasteiger partial charge on any atom is -0.339 e. The van der Waals surface area contributed by atoms with Gasteiger partial charge in [-0.15, -0.1) is 0 Å². The summed E-state index contributed by atoms with van der Waals surface area (Å²) in [4.78, 5) is 13.5. The summed E-state index contributed by atoms with van der Waals surface area (Å²) in [6, 6.07) is 0.214. The van der Waals surface area contributed by atoms with Gasteiger partial charge in [-0.3, -0.25) is 4.79 Å². The number of hydrogen-bond donors (Lipinski definition) is 1. The average molecular weight is 170 g/mol. The summed E-state index contributed by atoms with van der Waals surface area (Å²) in [5, 5.41) is 0. The fourth-order valence-electron chi connectivity index (χ4n) is 1.37. The van der Waals surface area contributed by atoms with Crippen LogP contribution in [0.15, 0.2) is 0 Å². The molecule has 0 unspecified atom stereocenters. The van der Waals surface area contributed by atoms with E-state index in [1.54, 1.807) is 0 Å². The number of amides is 1. The van der Waals surface area contributed by atoms with Gasteiger partial charge in [0.15, 0.2) is 0 Å². The molecule has 3 nitrogen and oxygen atoms in total. The molecule has 12 heavy (non-hydrogen) atoms. The Labute approximate surface area is 73.9 Å². The number of nitrogens with two attached hydrogens (primary N) is 1. The van der Waals surface area contributed by atoms with Gasteiger partial charge in [0.1, 0.15) is 0 Å². The molecule has 1 amide bonds. The summed E-state index contributed by atoms with van der Waals surface area (Å²) in [7, 11) is 0.